The van der Waals surface area contributed by atoms with E-state index in [0.29, 0.717) is 52.3 Å². The molecule has 0 aliphatic carbocycles. The summed E-state index contributed by atoms with van der Waals surface area (Å²) in [7, 11) is 1.56. The van der Waals surface area contributed by atoms with Crippen molar-refractivity contribution >= 4 is 29.1 Å². The quantitative estimate of drug-likeness (QED) is 0.752. The Morgan fingerprint density at radius 1 is 1.25 bits per heavy atom. The molecule has 0 radical (unpaired) electrons. The first kappa shape index (κ1) is 22.3. The lowest BCUT2D eigenvalue weighted by Crippen LogP contribution is -2.23. The van der Waals surface area contributed by atoms with E-state index in [4.69, 9.17) is 37.8 Å². The Bertz CT molecular complexity index is 812. The molecule has 2 aromatic rings. The maximum atomic E-state index is 13.7. The van der Waals surface area contributed by atoms with Crippen LogP contribution in [0.5, 0.6) is 11.5 Å². The standard InChI is InChI=1S/C14H9Cl2FO2.C6H13NO2/c15-10-2-1-3-11(16)13(10)9-6-8(17)7-12-14(9)19-5-4-18-12;1-3-5(8)4-6(9)7-2/h1-3,6-7H,4-5H2;5,8H,3-4H2,1-2H3,(H,7,9). The highest BCUT2D eigenvalue weighted by Crippen LogP contribution is 2.45. The molecule has 5 nitrogen and oxygen atoms in total. The number of aliphatic hydroxyl groups is 1. The number of carbonyl (C=O) groups is 1. The molecule has 1 unspecified atom stereocenters. The third kappa shape index (κ3) is 5.74. The summed E-state index contributed by atoms with van der Waals surface area (Å²) in [4.78, 5) is 10.5. The van der Waals surface area contributed by atoms with Gasteiger partial charge in [0.25, 0.3) is 0 Å². The van der Waals surface area contributed by atoms with E-state index in [1.165, 1.54) is 12.1 Å². The highest BCUT2D eigenvalue weighted by atomic mass is 35.5. The molecule has 1 amide bonds. The van der Waals surface area contributed by atoms with E-state index < -0.39 is 11.9 Å². The van der Waals surface area contributed by atoms with E-state index in [1.807, 2.05) is 6.92 Å². The van der Waals surface area contributed by atoms with E-state index in [0.717, 1.165) is 0 Å². The predicted octanol–water partition coefficient (Wildman–Crippen LogP) is 4.46. The smallest absolute Gasteiger partial charge is 0.222 e. The van der Waals surface area contributed by atoms with E-state index in [-0.39, 0.29) is 12.3 Å². The van der Waals surface area contributed by atoms with Crippen LogP contribution in [0.3, 0.4) is 0 Å². The summed E-state index contributed by atoms with van der Waals surface area (Å²) in [5, 5.41) is 12.2. The van der Waals surface area contributed by atoms with Crippen molar-refractivity contribution in [1.29, 1.82) is 0 Å². The van der Waals surface area contributed by atoms with Gasteiger partial charge >= 0.3 is 0 Å². The van der Waals surface area contributed by atoms with Gasteiger partial charge in [-0.15, -0.1) is 0 Å². The lowest BCUT2D eigenvalue weighted by atomic mass is 10.0. The van der Waals surface area contributed by atoms with Crippen LogP contribution in [-0.4, -0.2) is 37.4 Å². The van der Waals surface area contributed by atoms with Crippen LogP contribution in [0.25, 0.3) is 11.1 Å². The van der Waals surface area contributed by atoms with Crippen LogP contribution in [0, 0.1) is 5.82 Å². The molecule has 2 aromatic carbocycles. The molecule has 0 saturated carbocycles. The minimum atomic E-state index is -0.482. The molecular formula is C20H22Cl2FNO4. The van der Waals surface area contributed by atoms with Crippen LogP contribution in [-0.2, 0) is 4.79 Å². The first-order valence-electron chi connectivity index (χ1n) is 8.79. The summed E-state index contributed by atoms with van der Waals surface area (Å²) in [6.07, 6.45) is 0.366. The van der Waals surface area contributed by atoms with Crippen LogP contribution < -0.4 is 14.8 Å². The number of aliphatic hydroxyl groups excluding tert-OH is 1. The van der Waals surface area contributed by atoms with Gasteiger partial charge in [0.1, 0.15) is 19.0 Å². The normalized spacial score (nSPS) is 13.2. The number of fused-ring (bicyclic) bond motifs is 1. The summed E-state index contributed by atoms with van der Waals surface area (Å²) in [5.74, 6) is 0.319. The first-order valence-corrected chi connectivity index (χ1v) is 9.55. The molecule has 1 heterocycles. The van der Waals surface area contributed by atoms with Gasteiger partial charge in [0.05, 0.1) is 22.6 Å². The second kappa shape index (κ2) is 10.5. The lowest BCUT2D eigenvalue weighted by molar-refractivity contribution is -0.122. The zero-order valence-electron chi connectivity index (χ0n) is 15.6. The van der Waals surface area contributed by atoms with E-state index in [9.17, 15) is 9.18 Å². The summed E-state index contributed by atoms with van der Waals surface area (Å²) < 4.78 is 24.6. The SMILES string of the molecule is CCC(O)CC(=O)NC.Fc1cc2c(c(-c3c(Cl)cccc3Cl)c1)OCCO2. The van der Waals surface area contributed by atoms with Gasteiger partial charge in [0.2, 0.25) is 5.91 Å². The Morgan fingerprint density at radius 2 is 1.89 bits per heavy atom. The maximum absolute atomic E-state index is 13.7. The van der Waals surface area contributed by atoms with Gasteiger partial charge in [-0.05, 0) is 24.6 Å². The van der Waals surface area contributed by atoms with Crippen LogP contribution in [0.1, 0.15) is 19.8 Å². The molecular weight excluding hydrogens is 408 g/mol. The molecule has 1 atom stereocenters. The van der Waals surface area contributed by atoms with Gasteiger partial charge in [-0.2, -0.15) is 0 Å². The van der Waals surface area contributed by atoms with Crippen LogP contribution >= 0.6 is 23.2 Å². The summed E-state index contributed by atoms with van der Waals surface area (Å²) >= 11 is 12.3. The first-order chi connectivity index (χ1) is 13.4. The Morgan fingerprint density at radius 3 is 2.50 bits per heavy atom. The van der Waals surface area contributed by atoms with E-state index >= 15 is 0 Å². The Kier molecular flexibility index (Phi) is 8.35. The lowest BCUT2D eigenvalue weighted by Gasteiger charge is -2.22. The summed E-state index contributed by atoms with van der Waals surface area (Å²) in [6, 6.07) is 7.77. The summed E-state index contributed by atoms with van der Waals surface area (Å²) in [5.41, 5.74) is 1.05. The maximum Gasteiger partial charge on any atom is 0.222 e. The molecule has 152 valence electrons. The second-order valence-corrected chi connectivity index (χ2v) is 6.83. The van der Waals surface area contributed by atoms with Crippen molar-refractivity contribution in [3.05, 3.63) is 46.2 Å². The van der Waals surface area contributed by atoms with Crippen molar-refractivity contribution in [2.45, 2.75) is 25.9 Å². The Hall–Kier alpha value is -2.02. The van der Waals surface area contributed by atoms with Crippen molar-refractivity contribution < 1.29 is 23.8 Å². The molecule has 2 N–H and O–H groups in total. The molecule has 0 saturated heterocycles. The molecule has 0 aromatic heterocycles. The fourth-order valence-electron chi connectivity index (χ4n) is 2.52. The van der Waals surface area contributed by atoms with Crippen molar-refractivity contribution in [2.75, 3.05) is 20.3 Å². The van der Waals surface area contributed by atoms with Crippen molar-refractivity contribution in [2.24, 2.45) is 0 Å². The van der Waals surface area contributed by atoms with Crippen molar-refractivity contribution in [1.82, 2.24) is 5.32 Å². The number of halogens is 3. The highest BCUT2D eigenvalue weighted by molar-refractivity contribution is 6.39. The number of benzene rings is 2. The Balaban J connectivity index is 0.000000266. The number of rotatable bonds is 4. The van der Waals surface area contributed by atoms with Crippen LogP contribution in [0.15, 0.2) is 30.3 Å². The average molecular weight is 430 g/mol. The molecule has 0 fully saturated rings. The van der Waals surface area contributed by atoms with E-state index in [2.05, 4.69) is 5.32 Å². The molecule has 8 heteroatoms. The van der Waals surface area contributed by atoms with Gasteiger partial charge < -0.3 is 19.9 Å². The number of hydrogen-bond acceptors (Lipinski definition) is 4. The highest BCUT2D eigenvalue weighted by Gasteiger charge is 2.22. The molecule has 28 heavy (non-hydrogen) atoms. The molecule has 0 bridgehead atoms. The van der Waals surface area contributed by atoms with Crippen molar-refractivity contribution in [3.63, 3.8) is 0 Å². The van der Waals surface area contributed by atoms with Crippen LogP contribution in [0.4, 0.5) is 4.39 Å². The number of nitrogens with one attached hydrogen (secondary N) is 1. The number of hydrogen-bond donors (Lipinski definition) is 2. The van der Waals surface area contributed by atoms with Gasteiger partial charge in [-0.1, -0.05) is 36.2 Å². The molecule has 1 aliphatic rings. The third-order valence-corrected chi connectivity index (χ3v) is 4.64. The average Bonchev–Trinajstić information content (AvgIpc) is 2.68. The predicted molar refractivity (Wildman–Crippen MR) is 108 cm³/mol. The van der Waals surface area contributed by atoms with Crippen molar-refractivity contribution in [3.8, 4) is 22.6 Å². The zero-order valence-corrected chi connectivity index (χ0v) is 17.1. The van der Waals surface area contributed by atoms with Crippen LogP contribution in [0.2, 0.25) is 10.0 Å². The fourth-order valence-corrected chi connectivity index (χ4v) is 3.12. The Labute approximate surface area is 173 Å². The monoisotopic (exact) mass is 429 g/mol. The second-order valence-electron chi connectivity index (χ2n) is 6.01. The fraction of sp³-hybridized carbons (Fsp3) is 0.350. The topological polar surface area (TPSA) is 67.8 Å². The number of ether oxygens (including phenoxy) is 2. The van der Waals surface area contributed by atoms with Gasteiger partial charge in [-0.25, -0.2) is 4.39 Å². The summed E-state index contributed by atoms with van der Waals surface area (Å²) in [6.45, 7) is 2.65. The zero-order chi connectivity index (χ0) is 20.7. The van der Waals surface area contributed by atoms with E-state index in [1.54, 1.807) is 25.2 Å². The third-order valence-electron chi connectivity index (χ3n) is 4.01. The van der Waals surface area contributed by atoms with Gasteiger partial charge in [-0.3, -0.25) is 4.79 Å². The van der Waals surface area contributed by atoms with Gasteiger partial charge in [0.15, 0.2) is 11.5 Å². The molecule has 1 aliphatic heterocycles. The molecule has 0 spiro atoms. The van der Waals surface area contributed by atoms with Gasteiger partial charge in [0, 0.05) is 24.2 Å². The minimum Gasteiger partial charge on any atom is -0.486 e. The number of carbonyl (C=O) groups excluding carboxylic acids is 1. The number of amides is 1. The molecule has 3 rings (SSSR count). The minimum absolute atomic E-state index is 0.107. The largest absolute Gasteiger partial charge is 0.486 e.